The largest absolute Gasteiger partial charge is 0.236 e. The third-order valence-electron chi connectivity index (χ3n) is 3.14. The fourth-order valence-electron chi connectivity index (χ4n) is 2.12. The summed E-state index contributed by atoms with van der Waals surface area (Å²) in [4.78, 5) is 8.54. The standard InChI is InChI=1S/C17H10ClN3/c18-15-8-4-3-7-14(15)17-9-16(20-11-21-17)13-6-2-1-5-12(13)10-19/h1-9,11H. The van der Waals surface area contributed by atoms with Crippen molar-refractivity contribution in [2.75, 3.05) is 0 Å². The summed E-state index contributed by atoms with van der Waals surface area (Å²) in [5.41, 5.74) is 3.66. The van der Waals surface area contributed by atoms with Gasteiger partial charge in [-0.05, 0) is 18.2 Å². The van der Waals surface area contributed by atoms with Crippen molar-refractivity contribution < 1.29 is 0 Å². The monoisotopic (exact) mass is 291 g/mol. The molecule has 1 aromatic heterocycles. The van der Waals surface area contributed by atoms with Gasteiger partial charge in [-0.3, -0.25) is 0 Å². The van der Waals surface area contributed by atoms with E-state index in [2.05, 4.69) is 16.0 Å². The first-order valence-electron chi connectivity index (χ1n) is 6.36. The number of nitrogens with zero attached hydrogens (tertiary/aromatic N) is 3. The molecule has 0 saturated heterocycles. The minimum absolute atomic E-state index is 0.585. The summed E-state index contributed by atoms with van der Waals surface area (Å²) < 4.78 is 0. The molecule has 0 aliphatic rings. The molecule has 2 aromatic carbocycles. The fraction of sp³-hybridized carbons (Fsp3) is 0. The summed E-state index contributed by atoms with van der Waals surface area (Å²) >= 11 is 6.20. The van der Waals surface area contributed by atoms with Gasteiger partial charge in [-0.15, -0.1) is 0 Å². The average Bonchev–Trinajstić information content (AvgIpc) is 2.55. The zero-order valence-corrected chi connectivity index (χ0v) is 11.7. The van der Waals surface area contributed by atoms with Crippen LogP contribution in [-0.2, 0) is 0 Å². The van der Waals surface area contributed by atoms with Crippen molar-refractivity contribution in [3.05, 3.63) is 71.5 Å². The minimum Gasteiger partial charge on any atom is -0.236 e. The maximum absolute atomic E-state index is 9.20. The van der Waals surface area contributed by atoms with Gasteiger partial charge >= 0.3 is 0 Å². The van der Waals surface area contributed by atoms with Crippen molar-refractivity contribution in [3.63, 3.8) is 0 Å². The summed E-state index contributed by atoms with van der Waals surface area (Å²) in [7, 11) is 0. The molecule has 0 amide bonds. The molecule has 0 N–H and O–H groups in total. The Morgan fingerprint density at radius 3 is 2.19 bits per heavy atom. The molecule has 0 spiro atoms. The lowest BCUT2D eigenvalue weighted by molar-refractivity contribution is 1.17. The van der Waals surface area contributed by atoms with Crippen molar-refractivity contribution in [1.82, 2.24) is 9.97 Å². The van der Waals surface area contributed by atoms with Crippen LogP contribution < -0.4 is 0 Å². The molecule has 21 heavy (non-hydrogen) atoms. The summed E-state index contributed by atoms with van der Waals surface area (Å²) in [5.74, 6) is 0. The summed E-state index contributed by atoms with van der Waals surface area (Å²) in [5, 5.41) is 9.83. The molecule has 3 rings (SSSR count). The lowest BCUT2D eigenvalue weighted by Gasteiger charge is -2.06. The lowest BCUT2D eigenvalue weighted by atomic mass is 10.0. The third-order valence-corrected chi connectivity index (χ3v) is 3.47. The van der Waals surface area contributed by atoms with Gasteiger partial charge in [0.15, 0.2) is 0 Å². The fourth-order valence-corrected chi connectivity index (χ4v) is 2.36. The molecule has 0 fully saturated rings. The molecule has 1 heterocycles. The molecular weight excluding hydrogens is 282 g/mol. The summed E-state index contributed by atoms with van der Waals surface area (Å²) in [6.07, 6.45) is 1.49. The van der Waals surface area contributed by atoms with Gasteiger partial charge in [0.05, 0.1) is 23.0 Å². The number of hydrogen-bond donors (Lipinski definition) is 0. The van der Waals surface area contributed by atoms with E-state index < -0.39 is 0 Å². The molecular formula is C17H10ClN3. The highest BCUT2D eigenvalue weighted by Crippen LogP contribution is 2.29. The van der Waals surface area contributed by atoms with Crippen LogP contribution in [0.15, 0.2) is 60.9 Å². The zero-order valence-electron chi connectivity index (χ0n) is 11.0. The van der Waals surface area contributed by atoms with Crippen LogP contribution >= 0.6 is 11.6 Å². The molecule has 4 heteroatoms. The van der Waals surface area contributed by atoms with Gasteiger partial charge in [-0.1, -0.05) is 48.0 Å². The highest BCUT2D eigenvalue weighted by atomic mass is 35.5. The van der Waals surface area contributed by atoms with E-state index in [1.54, 1.807) is 6.07 Å². The van der Waals surface area contributed by atoms with Crippen LogP contribution in [0.5, 0.6) is 0 Å². The van der Waals surface area contributed by atoms with Gasteiger partial charge in [-0.2, -0.15) is 5.26 Å². The quantitative estimate of drug-likeness (QED) is 0.706. The zero-order chi connectivity index (χ0) is 14.7. The Hall–Kier alpha value is -2.70. The van der Waals surface area contributed by atoms with E-state index in [4.69, 9.17) is 11.6 Å². The first-order chi connectivity index (χ1) is 10.3. The number of rotatable bonds is 2. The van der Waals surface area contributed by atoms with E-state index in [1.807, 2.05) is 48.5 Å². The van der Waals surface area contributed by atoms with Crippen LogP contribution in [0.25, 0.3) is 22.5 Å². The Kier molecular flexibility index (Phi) is 3.63. The van der Waals surface area contributed by atoms with Crippen LogP contribution in [0.4, 0.5) is 0 Å². The Balaban J connectivity index is 2.14. The van der Waals surface area contributed by atoms with E-state index in [-0.39, 0.29) is 0 Å². The van der Waals surface area contributed by atoms with Crippen molar-refractivity contribution in [1.29, 1.82) is 5.26 Å². The lowest BCUT2D eigenvalue weighted by Crippen LogP contribution is -1.92. The average molecular weight is 292 g/mol. The van der Waals surface area contributed by atoms with E-state index in [0.29, 0.717) is 16.3 Å². The second kappa shape index (κ2) is 5.74. The van der Waals surface area contributed by atoms with Crippen molar-refractivity contribution in [2.45, 2.75) is 0 Å². The van der Waals surface area contributed by atoms with Gasteiger partial charge in [0, 0.05) is 16.1 Å². The molecule has 0 unspecified atom stereocenters. The Morgan fingerprint density at radius 1 is 0.857 bits per heavy atom. The second-order valence-electron chi connectivity index (χ2n) is 4.43. The first-order valence-corrected chi connectivity index (χ1v) is 6.74. The Labute approximate surface area is 127 Å². The number of nitriles is 1. The number of hydrogen-bond acceptors (Lipinski definition) is 3. The van der Waals surface area contributed by atoms with Gasteiger partial charge in [0.2, 0.25) is 0 Å². The van der Waals surface area contributed by atoms with Crippen molar-refractivity contribution >= 4 is 11.6 Å². The topological polar surface area (TPSA) is 49.6 Å². The normalized spacial score (nSPS) is 10.1. The SMILES string of the molecule is N#Cc1ccccc1-c1cc(-c2ccccc2Cl)ncn1. The molecule has 3 nitrogen and oxygen atoms in total. The van der Waals surface area contributed by atoms with Gasteiger partial charge in [-0.25, -0.2) is 9.97 Å². The van der Waals surface area contributed by atoms with Crippen LogP contribution in [0, 0.1) is 11.3 Å². The van der Waals surface area contributed by atoms with Gasteiger partial charge < -0.3 is 0 Å². The van der Waals surface area contributed by atoms with E-state index in [1.165, 1.54) is 6.33 Å². The molecule has 3 aromatic rings. The molecule has 0 saturated carbocycles. The molecule has 0 radical (unpaired) electrons. The summed E-state index contributed by atoms with van der Waals surface area (Å²) in [6, 6.07) is 18.9. The van der Waals surface area contributed by atoms with Crippen molar-refractivity contribution in [2.24, 2.45) is 0 Å². The first kappa shape index (κ1) is 13.3. The molecule has 0 aliphatic heterocycles. The van der Waals surface area contributed by atoms with Gasteiger partial charge in [0.1, 0.15) is 6.33 Å². The Morgan fingerprint density at radius 2 is 1.48 bits per heavy atom. The molecule has 0 bridgehead atoms. The molecule has 0 atom stereocenters. The minimum atomic E-state index is 0.585. The van der Waals surface area contributed by atoms with E-state index in [0.717, 1.165) is 16.8 Å². The van der Waals surface area contributed by atoms with E-state index in [9.17, 15) is 5.26 Å². The number of benzene rings is 2. The predicted molar refractivity (Wildman–Crippen MR) is 82.6 cm³/mol. The van der Waals surface area contributed by atoms with Crippen molar-refractivity contribution in [3.8, 4) is 28.6 Å². The number of halogens is 1. The Bertz CT molecular complexity index is 837. The maximum atomic E-state index is 9.20. The van der Waals surface area contributed by atoms with Gasteiger partial charge in [0.25, 0.3) is 0 Å². The van der Waals surface area contributed by atoms with Crippen LogP contribution in [-0.4, -0.2) is 9.97 Å². The molecule has 100 valence electrons. The molecule has 0 aliphatic carbocycles. The number of aromatic nitrogens is 2. The predicted octanol–water partition coefficient (Wildman–Crippen LogP) is 4.34. The highest BCUT2D eigenvalue weighted by Gasteiger charge is 2.09. The highest BCUT2D eigenvalue weighted by molar-refractivity contribution is 6.33. The van der Waals surface area contributed by atoms with Crippen LogP contribution in [0.1, 0.15) is 5.56 Å². The second-order valence-corrected chi connectivity index (χ2v) is 4.83. The van der Waals surface area contributed by atoms with E-state index >= 15 is 0 Å². The maximum Gasteiger partial charge on any atom is 0.116 e. The van der Waals surface area contributed by atoms with Crippen LogP contribution in [0.2, 0.25) is 5.02 Å². The summed E-state index contributed by atoms with van der Waals surface area (Å²) in [6.45, 7) is 0. The van der Waals surface area contributed by atoms with Crippen LogP contribution in [0.3, 0.4) is 0 Å². The smallest absolute Gasteiger partial charge is 0.116 e. The third kappa shape index (κ3) is 2.62.